The van der Waals surface area contributed by atoms with Crippen LogP contribution in [-0.2, 0) is 11.2 Å². The maximum absolute atomic E-state index is 11.0. The van der Waals surface area contributed by atoms with Gasteiger partial charge in [-0.25, -0.2) is 9.97 Å². The Morgan fingerprint density at radius 2 is 2.00 bits per heavy atom. The highest BCUT2D eigenvalue weighted by molar-refractivity contribution is 9.10. The number of hydrogen-bond donors (Lipinski definition) is 1. The van der Waals surface area contributed by atoms with Crippen molar-refractivity contribution in [2.45, 2.75) is 36.6 Å². The van der Waals surface area contributed by atoms with Crippen LogP contribution in [0.25, 0.3) is 0 Å². The summed E-state index contributed by atoms with van der Waals surface area (Å²) in [6, 6.07) is 9.60. The molecule has 0 radical (unpaired) electrons. The first-order chi connectivity index (χ1) is 10.1. The van der Waals surface area contributed by atoms with E-state index in [0.29, 0.717) is 0 Å². The molecule has 0 aliphatic carbocycles. The van der Waals surface area contributed by atoms with Crippen LogP contribution in [0.3, 0.4) is 0 Å². The smallest absolute Gasteiger partial charge is 0.221 e. The molecule has 1 N–H and O–H groups in total. The molecule has 0 aliphatic heterocycles. The van der Waals surface area contributed by atoms with E-state index in [9.17, 15) is 4.79 Å². The summed E-state index contributed by atoms with van der Waals surface area (Å²) in [6.45, 7) is 3.61. The topological polar surface area (TPSA) is 54.9 Å². The molecule has 2 rings (SSSR count). The molecular formula is C15H16BrN3OS. The number of nitrogens with one attached hydrogen (secondary N) is 1. The van der Waals surface area contributed by atoms with Gasteiger partial charge < -0.3 is 5.32 Å². The first-order valence-corrected chi connectivity index (χ1v) is 8.26. The summed E-state index contributed by atoms with van der Waals surface area (Å²) in [6.07, 6.45) is 1.89. The van der Waals surface area contributed by atoms with Crippen molar-refractivity contribution in [1.82, 2.24) is 9.97 Å². The number of aryl methyl sites for hydroxylation is 1. The molecule has 1 amide bonds. The van der Waals surface area contributed by atoms with Crippen LogP contribution in [0, 0.1) is 0 Å². The van der Waals surface area contributed by atoms with Gasteiger partial charge in [0.05, 0.1) is 0 Å². The molecule has 1 aromatic heterocycles. The number of benzene rings is 1. The van der Waals surface area contributed by atoms with Crippen LogP contribution in [0.15, 0.2) is 44.9 Å². The number of amides is 1. The highest BCUT2D eigenvalue weighted by Crippen LogP contribution is 2.28. The van der Waals surface area contributed by atoms with Crippen LogP contribution in [0.5, 0.6) is 0 Å². The summed E-state index contributed by atoms with van der Waals surface area (Å²) >= 11 is 5.00. The van der Waals surface area contributed by atoms with Crippen molar-refractivity contribution >= 4 is 39.3 Å². The number of aromatic nitrogens is 2. The fraction of sp³-hybridized carbons (Fsp3) is 0.267. The molecule has 6 heteroatoms. The first-order valence-electron chi connectivity index (χ1n) is 6.66. The molecule has 1 aromatic carbocycles. The quantitative estimate of drug-likeness (QED) is 0.802. The lowest BCUT2D eigenvalue weighted by Gasteiger charge is -2.06. The van der Waals surface area contributed by atoms with Crippen LogP contribution in [0.2, 0.25) is 0 Å². The van der Waals surface area contributed by atoms with Gasteiger partial charge in [0.15, 0.2) is 0 Å². The van der Waals surface area contributed by atoms with E-state index < -0.39 is 0 Å². The minimum Gasteiger partial charge on any atom is -0.326 e. The third-order valence-corrected chi connectivity index (χ3v) is 3.92. The standard InChI is InChI=1S/C15H16BrN3OS/c1-3-4-14-18-13(16)9-15(19-14)21-12-7-5-11(6-8-12)17-10(2)20/h5-9H,3-4H2,1-2H3,(H,17,20). The van der Waals surface area contributed by atoms with E-state index in [1.165, 1.54) is 6.92 Å². The Hall–Kier alpha value is -1.40. The molecule has 4 nitrogen and oxygen atoms in total. The molecule has 0 aliphatic rings. The molecule has 2 aromatic rings. The van der Waals surface area contributed by atoms with E-state index >= 15 is 0 Å². The second kappa shape index (κ2) is 7.56. The maximum atomic E-state index is 11.0. The average molecular weight is 366 g/mol. The van der Waals surface area contributed by atoms with E-state index in [-0.39, 0.29) is 5.91 Å². The van der Waals surface area contributed by atoms with Gasteiger partial charge in [-0.1, -0.05) is 18.7 Å². The van der Waals surface area contributed by atoms with Gasteiger partial charge in [0.2, 0.25) is 5.91 Å². The van der Waals surface area contributed by atoms with Crippen molar-refractivity contribution in [2.75, 3.05) is 5.32 Å². The van der Waals surface area contributed by atoms with Crippen LogP contribution in [0.4, 0.5) is 5.69 Å². The molecule has 0 saturated heterocycles. The Balaban J connectivity index is 2.12. The van der Waals surface area contributed by atoms with Crippen molar-refractivity contribution in [3.8, 4) is 0 Å². The van der Waals surface area contributed by atoms with Crippen molar-refractivity contribution < 1.29 is 4.79 Å². The summed E-state index contributed by atoms with van der Waals surface area (Å²) in [7, 11) is 0. The second-order valence-corrected chi connectivity index (χ2v) is 6.41. The molecule has 0 fully saturated rings. The van der Waals surface area contributed by atoms with Gasteiger partial charge in [0.25, 0.3) is 0 Å². The number of nitrogens with zero attached hydrogens (tertiary/aromatic N) is 2. The summed E-state index contributed by atoms with van der Waals surface area (Å²) < 4.78 is 0.804. The van der Waals surface area contributed by atoms with Crippen molar-refractivity contribution in [3.63, 3.8) is 0 Å². The largest absolute Gasteiger partial charge is 0.326 e. The van der Waals surface area contributed by atoms with Gasteiger partial charge in [0.1, 0.15) is 15.5 Å². The molecule has 110 valence electrons. The zero-order valence-electron chi connectivity index (χ0n) is 11.9. The number of hydrogen-bond acceptors (Lipinski definition) is 4. The first kappa shape index (κ1) is 16.0. The van der Waals surface area contributed by atoms with Gasteiger partial charge in [-0.3, -0.25) is 4.79 Å². The third kappa shape index (κ3) is 5.13. The van der Waals surface area contributed by atoms with Gasteiger partial charge in [0, 0.05) is 30.0 Å². The predicted molar refractivity (Wildman–Crippen MR) is 88.6 cm³/mol. The summed E-state index contributed by atoms with van der Waals surface area (Å²) in [5.41, 5.74) is 0.794. The molecule has 0 bridgehead atoms. The minimum absolute atomic E-state index is 0.0701. The fourth-order valence-electron chi connectivity index (χ4n) is 1.76. The lowest BCUT2D eigenvalue weighted by atomic mass is 10.3. The molecular weight excluding hydrogens is 350 g/mol. The van der Waals surface area contributed by atoms with Gasteiger partial charge in [-0.05, 0) is 46.6 Å². The molecule has 21 heavy (non-hydrogen) atoms. The number of anilines is 1. The fourth-order valence-corrected chi connectivity index (χ4v) is 3.17. The SMILES string of the molecule is CCCc1nc(Br)cc(Sc2ccc(NC(C)=O)cc2)n1. The van der Waals surface area contributed by atoms with Gasteiger partial charge in [-0.2, -0.15) is 0 Å². The summed E-state index contributed by atoms with van der Waals surface area (Å²) in [5.74, 6) is 0.781. The van der Waals surface area contributed by atoms with E-state index in [4.69, 9.17) is 0 Å². The van der Waals surface area contributed by atoms with Crippen LogP contribution < -0.4 is 5.32 Å². The van der Waals surface area contributed by atoms with Gasteiger partial charge >= 0.3 is 0 Å². The van der Waals surface area contributed by atoms with E-state index in [0.717, 1.165) is 38.9 Å². The molecule has 0 atom stereocenters. The molecule has 0 spiro atoms. The van der Waals surface area contributed by atoms with Crippen LogP contribution >= 0.6 is 27.7 Å². The zero-order valence-corrected chi connectivity index (χ0v) is 14.3. The Morgan fingerprint density at radius 3 is 2.62 bits per heavy atom. The summed E-state index contributed by atoms with van der Waals surface area (Å²) in [4.78, 5) is 21.0. The minimum atomic E-state index is -0.0701. The zero-order chi connectivity index (χ0) is 15.2. The Labute approximate surface area is 136 Å². The average Bonchev–Trinajstić information content (AvgIpc) is 2.40. The highest BCUT2D eigenvalue weighted by Gasteiger charge is 2.05. The molecule has 0 saturated carbocycles. The van der Waals surface area contributed by atoms with E-state index in [2.05, 4.69) is 38.1 Å². The normalized spacial score (nSPS) is 10.4. The van der Waals surface area contributed by atoms with Crippen molar-refractivity contribution in [1.29, 1.82) is 0 Å². The summed E-state index contributed by atoms with van der Waals surface area (Å²) in [5, 5.41) is 3.66. The van der Waals surface area contributed by atoms with E-state index in [1.807, 2.05) is 30.3 Å². The Morgan fingerprint density at radius 1 is 1.29 bits per heavy atom. The highest BCUT2D eigenvalue weighted by atomic mass is 79.9. The molecule has 1 heterocycles. The van der Waals surface area contributed by atoms with Crippen molar-refractivity contribution in [2.24, 2.45) is 0 Å². The lowest BCUT2D eigenvalue weighted by molar-refractivity contribution is -0.114. The predicted octanol–water partition coefficient (Wildman–Crippen LogP) is 4.30. The lowest BCUT2D eigenvalue weighted by Crippen LogP contribution is -2.05. The number of halogens is 1. The van der Waals surface area contributed by atoms with Crippen molar-refractivity contribution in [3.05, 3.63) is 40.8 Å². The number of carbonyl (C=O) groups excluding carboxylic acids is 1. The number of rotatable bonds is 5. The molecule has 0 unspecified atom stereocenters. The second-order valence-electron chi connectivity index (χ2n) is 4.50. The van der Waals surface area contributed by atoms with Crippen LogP contribution in [0.1, 0.15) is 26.1 Å². The monoisotopic (exact) mass is 365 g/mol. The Bertz CT molecular complexity index is 631. The third-order valence-electron chi connectivity index (χ3n) is 2.59. The Kier molecular flexibility index (Phi) is 5.76. The van der Waals surface area contributed by atoms with E-state index in [1.54, 1.807) is 11.8 Å². The number of carbonyl (C=O) groups is 1. The van der Waals surface area contributed by atoms with Crippen LogP contribution in [-0.4, -0.2) is 15.9 Å². The van der Waals surface area contributed by atoms with Gasteiger partial charge in [-0.15, -0.1) is 0 Å². The maximum Gasteiger partial charge on any atom is 0.221 e.